The Hall–Kier alpha value is -2.08. The number of benzene rings is 2. The third kappa shape index (κ3) is 2.47. The standard InChI is InChI=1S/C15H10F3NOS/c16-15(17,18)13-7-4-8-14-12(13)9-10-19(14)21(20)11-5-2-1-3-6-11/h1-10H. The van der Waals surface area contributed by atoms with Crippen molar-refractivity contribution in [3.05, 3.63) is 66.4 Å². The summed E-state index contributed by atoms with van der Waals surface area (Å²) >= 11 is 0. The molecule has 0 radical (unpaired) electrons. The molecule has 2 nitrogen and oxygen atoms in total. The Kier molecular flexibility index (Phi) is 3.33. The minimum Gasteiger partial charge on any atom is -0.263 e. The molecule has 0 amide bonds. The van der Waals surface area contributed by atoms with Gasteiger partial charge in [-0.05, 0) is 30.3 Å². The normalized spacial score (nSPS) is 13.5. The second-order valence-electron chi connectivity index (χ2n) is 4.44. The van der Waals surface area contributed by atoms with Crippen molar-refractivity contribution in [1.29, 1.82) is 0 Å². The van der Waals surface area contributed by atoms with Gasteiger partial charge in [0.15, 0.2) is 11.0 Å². The highest BCUT2D eigenvalue weighted by Gasteiger charge is 2.33. The largest absolute Gasteiger partial charge is 0.417 e. The number of aromatic nitrogens is 1. The van der Waals surface area contributed by atoms with Crippen molar-refractivity contribution in [3.63, 3.8) is 0 Å². The summed E-state index contributed by atoms with van der Waals surface area (Å²) in [5, 5.41) is 0.0503. The molecule has 1 unspecified atom stereocenters. The van der Waals surface area contributed by atoms with E-state index >= 15 is 0 Å². The predicted molar refractivity (Wildman–Crippen MR) is 75.2 cm³/mol. The molecule has 1 heterocycles. The van der Waals surface area contributed by atoms with Gasteiger partial charge in [-0.2, -0.15) is 13.2 Å². The van der Waals surface area contributed by atoms with E-state index in [2.05, 4.69) is 0 Å². The zero-order chi connectivity index (χ0) is 15.0. The van der Waals surface area contributed by atoms with Crippen molar-refractivity contribution in [3.8, 4) is 0 Å². The maximum atomic E-state index is 13.0. The maximum Gasteiger partial charge on any atom is 0.417 e. The van der Waals surface area contributed by atoms with E-state index in [1.807, 2.05) is 0 Å². The summed E-state index contributed by atoms with van der Waals surface area (Å²) in [6.45, 7) is 0. The van der Waals surface area contributed by atoms with Gasteiger partial charge in [-0.3, -0.25) is 3.97 Å². The van der Waals surface area contributed by atoms with Crippen molar-refractivity contribution in [2.75, 3.05) is 0 Å². The average molecular weight is 309 g/mol. The van der Waals surface area contributed by atoms with Crippen molar-refractivity contribution >= 4 is 21.9 Å². The Labute approximate surface area is 121 Å². The summed E-state index contributed by atoms with van der Waals surface area (Å²) < 4.78 is 52.7. The lowest BCUT2D eigenvalue weighted by atomic mass is 10.1. The Balaban J connectivity index is 2.16. The van der Waals surface area contributed by atoms with E-state index < -0.39 is 22.7 Å². The number of halogens is 3. The smallest absolute Gasteiger partial charge is 0.263 e. The molecule has 0 fully saturated rings. The number of hydrogen-bond acceptors (Lipinski definition) is 1. The minimum absolute atomic E-state index is 0.0503. The second-order valence-corrected chi connectivity index (χ2v) is 5.80. The first kappa shape index (κ1) is 13.9. The molecule has 0 aliphatic heterocycles. The Morgan fingerprint density at radius 1 is 0.905 bits per heavy atom. The van der Waals surface area contributed by atoms with Crippen molar-refractivity contribution in [1.82, 2.24) is 3.97 Å². The zero-order valence-electron chi connectivity index (χ0n) is 10.7. The number of alkyl halides is 3. The molecule has 0 spiro atoms. The van der Waals surface area contributed by atoms with Crippen LogP contribution in [0.3, 0.4) is 0 Å². The molecular formula is C15H10F3NOS. The summed E-state index contributed by atoms with van der Waals surface area (Å²) in [5.74, 6) is 0. The zero-order valence-corrected chi connectivity index (χ0v) is 11.5. The molecule has 21 heavy (non-hydrogen) atoms. The van der Waals surface area contributed by atoms with Crippen LogP contribution in [-0.2, 0) is 17.2 Å². The van der Waals surface area contributed by atoms with Gasteiger partial charge in [0.25, 0.3) is 0 Å². The third-order valence-electron chi connectivity index (χ3n) is 3.13. The molecule has 0 aliphatic carbocycles. The lowest BCUT2D eigenvalue weighted by Gasteiger charge is -2.09. The van der Waals surface area contributed by atoms with E-state index in [0.717, 1.165) is 6.07 Å². The molecule has 1 atom stereocenters. The first-order valence-corrected chi connectivity index (χ1v) is 7.24. The highest BCUT2D eigenvalue weighted by atomic mass is 32.2. The van der Waals surface area contributed by atoms with Crippen molar-refractivity contribution in [2.45, 2.75) is 11.1 Å². The van der Waals surface area contributed by atoms with Crippen molar-refractivity contribution in [2.24, 2.45) is 0 Å². The van der Waals surface area contributed by atoms with Crippen LogP contribution in [0.4, 0.5) is 13.2 Å². The van der Waals surface area contributed by atoms with Gasteiger partial charge in [-0.25, -0.2) is 4.21 Å². The maximum absolute atomic E-state index is 13.0. The fourth-order valence-corrected chi connectivity index (χ4v) is 3.31. The van der Waals surface area contributed by atoms with Gasteiger partial charge >= 0.3 is 6.18 Å². The number of nitrogens with zero attached hydrogens (tertiary/aromatic N) is 1. The Morgan fingerprint density at radius 3 is 2.29 bits per heavy atom. The predicted octanol–water partition coefficient (Wildman–Crippen LogP) is 4.23. The van der Waals surface area contributed by atoms with Crippen LogP contribution in [0.5, 0.6) is 0 Å². The molecule has 0 saturated carbocycles. The van der Waals surface area contributed by atoms with Gasteiger partial charge < -0.3 is 0 Å². The van der Waals surface area contributed by atoms with Crippen LogP contribution in [0, 0.1) is 0 Å². The van der Waals surface area contributed by atoms with Gasteiger partial charge in [-0.1, -0.05) is 24.3 Å². The molecule has 2 aromatic carbocycles. The van der Waals surface area contributed by atoms with E-state index in [9.17, 15) is 17.4 Å². The molecule has 3 rings (SSSR count). The van der Waals surface area contributed by atoms with Gasteiger partial charge in [-0.15, -0.1) is 0 Å². The molecule has 3 aromatic rings. The quantitative estimate of drug-likeness (QED) is 0.694. The first-order chi connectivity index (χ1) is 9.98. The summed E-state index contributed by atoms with van der Waals surface area (Å²) in [4.78, 5) is 0.535. The Morgan fingerprint density at radius 2 is 1.62 bits per heavy atom. The molecule has 6 heteroatoms. The molecule has 0 N–H and O–H groups in total. The molecule has 0 saturated heterocycles. The van der Waals surface area contributed by atoms with Gasteiger partial charge in [0, 0.05) is 11.6 Å². The van der Waals surface area contributed by atoms with Crippen LogP contribution >= 0.6 is 0 Å². The summed E-state index contributed by atoms with van der Waals surface area (Å²) in [6.07, 6.45) is -3.01. The monoisotopic (exact) mass is 309 g/mol. The lowest BCUT2D eigenvalue weighted by Crippen LogP contribution is -2.06. The third-order valence-corrected chi connectivity index (χ3v) is 4.48. The fourth-order valence-electron chi connectivity index (χ4n) is 2.19. The molecule has 108 valence electrons. The molecular weight excluding hydrogens is 299 g/mol. The SMILES string of the molecule is O=S(c1ccccc1)n1ccc2c(C(F)(F)F)cccc21. The topological polar surface area (TPSA) is 22.0 Å². The molecule has 0 bridgehead atoms. The average Bonchev–Trinajstić information content (AvgIpc) is 2.90. The van der Waals surface area contributed by atoms with Crippen LogP contribution < -0.4 is 0 Å². The summed E-state index contributed by atoms with van der Waals surface area (Å²) in [6, 6.07) is 13.8. The number of fused-ring (bicyclic) bond motifs is 1. The van der Waals surface area contributed by atoms with E-state index in [1.54, 1.807) is 30.3 Å². The van der Waals surface area contributed by atoms with Crippen LogP contribution in [0.1, 0.15) is 5.56 Å². The van der Waals surface area contributed by atoms with E-state index in [0.29, 0.717) is 10.4 Å². The van der Waals surface area contributed by atoms with Crippen LogP contribution in [0.15, 0.2) is 65.7 Å². The van der Waals surface area contributed by atoms with E-state index in [4.69, 9.17) is 0 Å². The van der Waals surface area contributed by atoms with Gasteiger partial charge in [0.05, 0.1) is 16.0 Å². The summed E-state index contributed by atoms with van der Waals surface area (Å²) in [7, 11) is -1.58. The van der Waals surface area contributed by atoms with Crippen LogP contribution in [-0.4, -0.2) is 8.18 Å². The van der Waals surface area contributed by atoms with E-state index in [1.165, 1.54) is 28.4 Å². The number of rotatable bonds is 2. The molecule has 0 aliphatic rings. The molecule has 1 aromatic heterocycles. The van der Waals surface area contributed by atoms with Crippen molar-refractivity contribution < 1.29 is 17.4 Å². The summed E-state index contributed by atoms with van der Waals surface area (Å²) in [5.41, 5.74) is -0.421. The van der Waals surface area contributed by atoms with Crippen LogP contribution in [0.2, 0.25) is 0 Å². The lowest BCUT2D eigenvalue weighted by molar-refractivity contribution is -0.136. The minimum atomic E-state index is -4.43. The van der Waals surface area contributed by atoms with Gasteiger partial charge in [0.1, 0.15) is 0 Å². The second kappa shape index (κ2) is 5.04. The highest BCUT2D eigenvalue weighted by Crippen LogP contribution is 2.35. The van der Waals surface area contributed by atoms with Gasteiger partial charge in [0.2, 0.25) is 0 Å². The van der Waals surface area contributed by atoms with E-state index in [-0.39, 0.29) is 5.39 Å². The van der Waals surface area contributed by atoms with Crippen LogP contribution in [0.25, 0.3) is 10.9 Å². The first-order valence-electron chi connectivity index (χ1n) is 6.13. The Bertz CT molecular complexity index is 809. The number of hydrogen-bond donors (Lipinski definition) is 0. The highest BCUT2D eigenvalue weighted by molar-refractivity contribution is 7.83. The fraction of sp³-hybridized carbons (Fsp3) is 0.0667.